The van der Waals surface area contributed by atoms with Crippen LogP contribution in [0.1, 0.15) is 60.0 Å². The summed E-state index contributed by atoms with van der Waals surface area (Å²) in [5.41, 5.74) is 3.06. The summed E-state index contributed by atoms with van der Waals surface area (Å²) in [6.45, 7) is 4.41. The molecule has 1 fully saturated rings. The molecule has 1 amide bonds. The van der Waals surface area contributed by atoms with Crippen molar-refractivity contribution >= 4 is 21.6 Å². The molecule has 0 radical (unpaired) electrons. The average molecular weight is 523 g/mol. The number of nitrogens with one attached hydrogen (secondary N) is 2. The Morgan fingerprint density at radius 2 is 1.65 bits per heavy atom. The summed E-state index contributed by atoms with van der Waals surface area (Å²) in [6, 6.07) is 19.1. The third-order valence-corrected chi connectivity index (χ3v) is 8.13. The van der Waals surface area contributed by atoms with Crippen molar-refractivity contribution in [3.05, 3.63) is 83.4 Å². The maximum absolute atomic E-state index is 13.1. The van der Waals surface area contributed by atoms with Gasteiger partial charge in [0.05, 0.1) is 18.6 Å². The molecule has 7 nitrogen and oxygen atoms in total. The molecule has 0 aliphatic heterocycles. The summed E-state index contributed by atoms with van der Waals surface area (Å²) in [5.74, 6) is 1.33. The van der Waals surface area contributed by atoms with Crippen LogP contribution in [0, 0.1) is 6.92 Å². The number of sulfonamides is 1. The lowest BCUT2D eigenvalue weighted by Crippen LogP contribution is -2.41. The van der Waals surface area contributed by atoms with Crippen molar-refractivity contribution in [2.45, 2.75) is 56.4 Å². The van der Waals surface area contributed by atoms with Crippen LogP contribution in [0.5, 0.6) is 11.5 Å². The van der Waals surface area contributed by atoms with E-state index in [1.54, 1.807) is 31.4 Å². The molecule has 0 aromatic heterocycles. The summed E-state index contributed by atoms with van der Waals surface area (Å²) in [5, 5.41) is 3.19. The quantitative estimate of drug-likeness (QED) is 0.378. The molecule has 4 rings (SSSR count). The van der Waals surface area contributed by atoms with E-state index < -0.39 is 10.0 Å². The van der Waals surface area contributed by atoms with Crippen LogP contribution in [0.4, 0.5) is 5.69 Å². The van der Waals surface area contributed by atoms with E-state index in [-0.39, 0.29) is 22.8 Å². The monoisotopic (exact) mass is 522 g/mol. The van der Waals surface area contributed by atoms with Gasteiger partial charge < -0.3 is 14.8 Å². The highest BCUT2D eigenvalue weighted by molar-refractivity contribution is 7.92. The third kappa shape index (κ3) is 6.43. The van der Waals surface area contributed by atoms with Crippen LogP contribution in [0.2, 0.25) is 0 Å². The SMILES string of the molecule is CCOc1cc([C@H]2CCCC[C@H]2NC(=O)c2ccc(S(=O)(=O)Nc3ccc(C)cc3)cc2)ccc1OC. The van der Waals surface area contributed by atoms with Gasteiger partial charge in [0, 0.05) is 23.2 Å². The lowest BCUT2D eigenvalue weighted by molar-refractivity contribution is 0.0920. The van der Waals surface area contributed by atoms with Gasteiger partial charge in [-0.15, -0.1) is 0 Å². The fourth-order valence-electron chi connectivity index (χ4n) is 4.77. The number of hydrogen-bond acceptors (Lipinski definition) is 5. The first-order valence-electron chi connectivity index (χ1n) is 12.6. The minimum atomic E-state index is -3.76. The molecule has 1 saturated carbocycles. The zero-order valence-electron chi connectivity index (χ0n) is 21.5. The number of benzene rings is 3. The second-order valence-corrected chi connectivity index (χ2v) is 11.0. The Labute approximate surface area is 219 Å². The smallest absolute Gasteiger partial charge is 0.261 e. The van der Waals surface area contributed by atoms with Gasteiger partial charge in [-0.05, 0) is 80.8 Å². The van der Waals surface area contributed by atoms with E-state index >= 15 is 0 Å². The number of carbonyl (C=O) groups excluding carboxylic acids is 1. The zero-order valence-corrected chi connectivity index (χ0v) is 22.3. The highest BCUT2D eigenvalue weighted by Gasteiger charge is 2.29. The summed E-state index contributed by atoms with van der Waals surface area (Å²) in [7, 11) is -2.14. The molecule has 1 aliphatic rings. The molecule has 8 heteroatoms. The van der Waals surface area contributed by atoms with Crippen LogP contribution in [-0.2, 0) is 10.0 Å². The topological polar surface area (TPSA) is 93.7 Å². The lowest BCUT2D eigenvalue weighted by atomic mass is 9.79. The van der Waals surface area contributed by atoms with E-state index in [0.29, 0.717) is 29.4 Å². The maximum Gasteiger partial charge on any atom is 0.261 e. The van der Waals surface area contributed by atoms with Crippen LogP contribution in [0.25, 0.3) is 0 Å². The molecule has 3 aromatic rings. The number of rotatable bonds is 9. The van der Waals surface area contributed by atoms with Gasteiger partial charge in [-0.1, -0.05) is 36.6 Å². The number of methoxy groups -OCH3 is 1. The maximum atomic E-state index is 13.1. The number of ether oxygens (including phenoxy) is 2. The van der Waals surface area contributed by atoms with Gasteiger partial charge in [-0.25, -0.2) is 8.42 Å². The van der Waals surface area contributed by atoms with E-state index in [0.717, 1.165) is 36.8 Å². The second kappa shape index (κ2) is 11.7. The first-order valence-corrected chi connectivity index (χ1v) is 14.1. The van der Waals surface area contributed by atoms with Gasteiger partial charge in [0.25, 0.3) is 15.9 Å². The van der Waals surface area contributed by atoms with Crippen molar-refractivity contribution in [3.63, 3.8) is 0 Å². The van der Waals surface area contributed by atoms with Gasteiger partial charge in [0.1, 0.15) is 0 Å². The Kier molecular flexibility index (Phi) is 8.38. The molecule has 0 saturated heterocycles. The van der Waals surface area contributed by atoms with Gasteiger partial charge in [-0.3, -0.25) is 9.52 Å². The van der Waals surface area contributed by atoms with E-state index in [2.05, 4.69) is 10.0 Å². The minimum absolute atomic E-state index is 0.0317. The highest BCUT2D eigenvalue weighted by Crippen LogP contribution is 2.37. The molecular weight excluding hydrogens is 488 g/mol. The standard InChI is InChI=1S/C29H34N2O5S/c1-4-36-28-19-22(13-18-27(28)35-3)25-7-5-6-8-26(25)30-29(32)21-11-16-24(17-12-21)37(33,34)31-23-14-9-20(2)10-15-23/h9-19,25-26,31H,4-8H2,1-3H3,(H,30,32)/t25-,26-/m1/s1. The fraction of sp³-hybridized carbons (Fsp3) is 0.345. The Bertz CT molecular complexity index is 1320. The second-order valence-electron chi connectivity index (χ2n) is 9.31. The van der Waals surface area contributed by atoms with Crippen molar-refractivity contribution in [3.8, 4) is 11.5 Å². The van der Waals surface area contributed by atoms with Crippen LogP contribution < -0.4 is 19.5 Å². The molecule has 37 heavy (non-hydrogen) atoms. The highest BCUT2D eigenvalue weighted by atomic mass is 32.2. The summed E-state index contributed by atoms with van der Waals surface area (Å²) >= 11 is 0. The first kappa shape index (κ1) is 26.5. The lowest BCUT2D eigenvalue weighted by Gasteiger charge is -2.33. The normalized spacial score (nSPS) is 17.6. The predicted molar refractivity (Wildman–Crippen MR) is 145 cm³/mol. The van der Waals surface area contributed by atoms with Crippen molar-refractivity contribution in [2.75, 3.05) is 18.4 Å². The van der Waals surface area contributed by atoms with Crippen LogP contribution in [0.15, 0.2) is 71.6 Å². The van der Waals surface area contributed by atoms with Crippen molar-refractivity contribution in [1.82, 2.24) is 5.32 Å². The fourth-order valence-corrected chi connectivity index (χ4v) is 5.83. The molecule has 0 bridgehead atoms. The molecule has 1 aliphatic carbocycles. The summed E-state index contributed by atoms with van der Waals surface area (Å²) in [6.07, 6.45) is 3.97. The zero-order chi connectivity index (χ0) is 26.4. The van der Waals surface area contributed by atoms with E-state index in [1.807, 2.05) is 44.2 Å². The van der Waals surface area contributed by atoms with Crippen molar-refractivity contribution in [1.29, 1.82) is 0 Å². The Balaban J connectivity index is 1.47. The third-order valence-electron chi connectivity index (χ3n) is 6.73. The Morgan fingerprint density at radius 3 is 2.32 bits per heavy atom. The molecular formula is C29H34N2O5S. The molecule has 2 atom stereocenters. The van der Waals surface area contributed by atoms with Crippen LogP contribution >= 0.6 is 0 Å². The molecule has 196 valence electrons. The molecule has 0 spiro atoms. The summed E-state index contributed by atoms with van der Waals surface area (Å²) in [4.78, 5) is 13.2. The summed E-state index contributed by atoms with van der Waals surface area (Å²) < 4.78 is 39.3. The molecule has 0 unspecified atom stereocenters. The minimum Gasteiger partial charge on any atom is -0.493 e. The van der Waals surface area contributed by atoms with Gasteiger partial charge in [-0.2, -0.15) is 0 Å². The van der Waals surface area contributed by atoms with E-state index in [1.165, 1.54) is 12.1 Å². The number of anilines is 1. The Morgan fingerprint density at radius 1 is 0.946 bits per heavy atom. The average Bonchev–Trinajstić information content (AvgIpc) is 2.90. The largest absolute Gasteiger partial charge is 0.493 e. The van der Waals surface area contributed by atoms with Crippen molar-refractivity contribution in [2.24, 2.45) is 0 Å². The Hall–Kier alpha value is -3.52. The van der Waals surface area contributed by atoms with E-state index in [9.17, 15) is 13.2 Å². The molecule has 2 N–H and O–H groups in total. The molecule has 0 heterocycles. The van der Waals surface area contributed by atoms with Crippen molar-refractivity contribution < 1.29 is 22.7 Å². The first-order chi connectivity index (χ1) is 17.8. The predicted octanol–water partition coefficient (Wildman–Crippen LogP) is 5.66. The van der Waals surface area contributed by atoms with E-state index in [4.69, 9.17) is 9.47 Å². The van der Waals surface area contributed by atoms with Gasteiger partial charge in [0.2, 0.25) is 0 Å². The number of carbonyl (C=O) groups is 1. The number of hydrogen-bond donors (Lipinski definition) is 2. The number of aryl methyl sites for hydroxylation is 1. The van der Waals surface area contributed by atoms with Crippen LogP contribution in [-0.4, -0.2) is 34.1 Å². The van der Waals surface area contributed by atoms with Gasteiger partial charge >= 0.3 is 0 Å². The van der Waals surface area contributed by atoms with Gasteiger partial charge in [0.15, 0.2) is 11.5 Å². The number of amides is 1. The molecule has 3 aromatic carbocycles. The van der Waals surface area contributed by atoms with Crippen LogP contribution in [0.3, 0.4) is 0 Å².